The van der Waals surface area contributed by atoms with Crippen molar-refractivity contribution in [3.05, 3.63) is 0 Å². The zero-order valence-corrected chi connectivity index (χ0v) is 6.75. The molecule has 0 saturated carbocycles. The molecule has 4 heteroatoms. The number of hydrogen-bond acceptors (Lipinski definition) is 3. The number of nitrogens with zero attached hydrogens (tertiary/aromatic N) is 1. The Labute approximate surface area is 70.7 Å². The topological polar surface area (TPSA) is 70.3 Å². The first-order chi connectivity index (χ1) is 5.68. The van der Waals surface area contributed by atoms with Crippen LogP contribution in [-0.4, -0.2) is 23.3 Å². The van der Waals surface area contributed by atoms with Gasteiger partial charge in [0.2, 0.25) is 0 Å². The Morgan fingerprint density at radius 2 is 2.50 bits per heavy atom. The van der Waals surface area contributed by atoms with Crippen molar-refractivity contribution >= 4 is 5.97 Å². The lowest BCUT2D eigenvalue weighted by Crippen LogP contribution is -2.30. The average Bonchev–Trinajstić information content (AvgIpc) is 2.36. The molecule has 0 radical (unpaired) electrons. The summed E-state index contributed by atoms with van der Waals surface area (Å²) in [5.41, 5.74) is -0.694. The standard InChI is InChI=1S/C8H11NO3/c9-4-3-8(6-7(10)11)2-1-5-12-8/h1-3,5-6H2,(H,10,11). The van der Waals surface area contributed by atoms with E-state index >= 15 is 0 Å². The average molecular weight is 169 g/mol. The molecule has 1 aliphatic rings. The van der Waals surface area contributed by atoms with E-state index in [1.165, 1.54) is 0 Å². The maximum atomic E-state index is 10.4. The summed E-state index contributed by atoms with van der Waals surface area (Å²) >= 11 is 0. The molecule has 1 rings (SSSR count). The van der Waals surface area contributed by atoms with E-state index < -0.39 is 11.6 Å². The number of carbonyl (C=O) groups is 1. The van der Waals surface area contributed by atoms with E-state index in [2.05, 4.69) is 0 Å². The first-order valence-electron chi connectivity index (χ1n) is 3.91. The van der Waals surface area contributed by atoms with Gasteiger partial charge in [-0.3, -0.25) is 4.79 Å². The van der Waals surface area contributed by atoms with Gasteiger partial charge >= 0.3 is 5.97 Å². The van der Waals surface area contributed by atoms with Crippen LogP contribution in [0.4, 0.5) is 0 Å². The van der Waals surface area contributed by atoms with Crippen LogP contribution < -0.4 is 0 Å². The van der Waals surface area contributed by atoms with Crippen LogP contribution in [0.3, 0.4) is 0 Å². The zero-order chi connectivity index (χ0) is 9.03. The quantitative estimate of drug-likeness (QED) is 0.682. The second-order valence-electron chi connectivity index (χ2n) is 3.04. The van der Waals surface area contributed by atoms with Crippen molar-refractivity contribution in [2.75, 3.05) is 6.61 Å². The lowest BCUT2D eigenvalue weighted by Gasteiger charge is -2.22. The Hall–Kier alpha value is -1.08. The third kappa shape index (κ3) is 1.95. The molecule has 12 heavy (non-hydrogen) atoms. The third-order valence-electron chi connectivity index (χ3n) is 2.06. The Morgan fingerprint density at radius 3 is 2.92 bits per heavy atom. The van der Waals surface area contributed by atoms with Crippen LogP contribution in [0.15, 0.2) is 0 Å². The van der Waals surface area contributed by atoms with E-state index in [1.807, 2.05) is 6.07 Å². The van der Waals surface area contributed by atoms with Crippen molar-refractivity contribution in [3.63, 3.8) is 0 Å². The summed E-state index contributed by atoms with van der Waals surface area (Å²) in [6.07, 6.45) is 1.67. The van der Waals surface area contributed by atoms with Crippen LogP contribution in [0.2, 0.25) is 0 Å². The van der Waals surface area contributed by atoms with Crippen LogP contribution >= 0.6 is 0 Å². The number of ether oxygens (including phenoxy) is 1. The number of nitriles is 1. The number of carboxylic acids is 1. The second-order valence-corrected chi connectivity index (χ2v) is 3.04. The molecule has 1 aliphatic heterocycles. The summed E-state index contributed by atoms with van der Waals surface area (Å²) < 4.78 is 5.29. The van der Waals surface area contributed by atoms with Crippen molar-refractivity contribution in [1.29, 1.82) is 5.26 Å². The van der Waals surface area contributed by atoms with E-state index in [0.29, 0.717) is 13.0 Å². The maximum absolute atomic E-state index is 10.4. The highest BCUT2D eigenvalue weighted by Gasteiger charge is 2.37. The van der Waals surface area contributed by atoms with Gasteiger partial charge in [0.15, 0.2) is 0 Å². The molecule has 0 aliphatic carbocycles. The van der Waals surface area contributed by atoms with Crippen LogP contribution in [-0.2, 0) is 9.53 Å². The summed E-state index contributed by atoms with van der Waals surface area (Å²) in [6, 6.07) is 1.97. The fourth-order valence-electron chi connectivity index (χ4n) is 1.52. The van der Waals surface area contributed by atoms with E-state index in [4.69, 9.17) is 15.1 Å². The maximum Gasteiger partial charge on any atom is 0.306 e. The van der Waals surface area contributed by atoms with Crippen LogP contribution in [0.25, 0.3) is 0 Å². The number of aliphatic carboxylic acids is 1. The molecule has 1 unspecified atom stereocenters. The van der Waals surface area contributed by atoms with Crippen molar-refractivity contribution in [2.45, 2.75) is 31.3 Å². The number of rotatable bonds is 3. The fourth-order valence-corrected chi connectivity index (χ4v) is 1.52. The molecule has 0 aromatic carbocycles. The van der Waals surface area contributed by atoms with Crippen LogP contribution in [0.1, 0.15) is 25.7 Å². The molecule has 0 aromatic rings. The minimum atomic E-state index is -0.896. The summed E-state index contributed by atoms with van der Waals surface area (Å²) in [6.45, 7) is 0.578. The summed E-state index contributed by atoms with van der Waals surface area (Å²) in [5.74, 6) is -0.896. The molecule has 1 heterocycles. The smallest absolute Gasteiger partial charge is 0.306 e. The van der Waals surface area contributed by atoms with Gasteiger partial charge in [0.05, 0.1) is 24.5 Å². The van der Waals surface area contributed by atoms with Gasteiger partial charge in [-0.25, -0.2) is 0 Å². The zero-order valence-electron chi connectivity index (χ0n) is 6.75. The highest BCUT2D eigenvalue weighted by Crippen LogP contribution is 2.31. The van der Waals surface area contributed by atoms with E-state index in [1.54, 1.807) is 0 Å². The first kappa shape index (κ1) is 9.01. The molecule has 4 nitrogen and oxygen atoms in total. The van der Waals surface area contributed by atoms with Crippen molar-refractivity contribution in [3.8, 4) is 6.07 Å². The lowest BCUT2D eigenvalue weighted by atomic mass is 9.93. The van der Waals surface area contributed by atoms with Gasteiger partial charge in [0, 0.05) is 6.61 Å². The SMILES string of the molecule is N#CCC1(CC(=O)O)CCCO1. The van der Waals surface area contributed by atoms with Crippen molar-refractivity contribution < 1.29 is 14.6 Å². The molecular weight excluding hydrogens is 158 g/mol. The van der Waals surface area contributed by atoms with Crippen LogP contribution in [0, 0.1) is 11.3 Å². The van der Waals surface area contributed by atoms with Crippen molar-refractivity contribution in [1.82, 2.24) is 0 Å². The fraction of sp³-hybridized carbons (Fsp3) is 0.750. The Kier molecular flexibility index (Phi) is 2.66. The molecule has 1 saturated heterocycles. The van der Waals surface area contributed by atoms with Crippen LogP contribution in [0.5, 0.6) is 0 Å². The predicted molar refractivity (Wildman–Crippen MR) is 40.4 cm³/mol. The highest BCUT2D eigenvalue weighted by molar-refractivity contribution is 5.68. The van der Waals surface area contributed by atoms with E-state index in [-0.39, 0.29) is 12.8 Å². The molecule has 1 atom stereocenters. The van der Waals surface area contributed by atoms with E-state index in [9.17, 15) is 4.79 Å². The molecular formula is C8H11NO3. The molecule has 1 fully saturated rings. The molecule has 66 valence electrons. The Bertz CT molecular complexity index is 213. The summed E-state index contributed by atoms with van der Waals surface area (Å²) in [7, 11) is 0. The van der Waals surface area contributed by atoms with Gasteiger partial charge in [-0.15, -0.1) is 0 Å². The predicted octanol–water partition coefficient (Wildman–Crippen LogP) is 0.924. The normalized spacial score (nSPS) is 28.2. The van der Waals surface area contributed by atoms with Gasteiger partial charge in [-0.1, -0.05) is 0 Å². The molecule has 0 spiro atoms. The third-order valence-corrected chi connectivity index (χ3v) is 2.06. The summed E-state index contributed by atoms with van der Waals surface area (Å²) in [5, 5.41) is 17.1. The van der Waals surface area contributed by atoms with Crippen molar-refractivity contribution in [2.24, 2.45) is 0 Å². The number of hydrogen-bond donors (Lipinski definition) is 1. The monoisotopic (exact) mass is 169 g/mol. The molecule has 0 bridgehead atoms. The van der Waals surface area contributed by atoms with Gasteiger partial charge in [0.25, 0.3) is 0 Å². The lowest BCUT2D eigenvalue weighted by molar-refractivity contribution is -0.143. The Morgan fingerprint density at radius 1 is 1.75 bits per heavy atom. The van der Waals surface area contributed by atoms with E-state index in [0.717, 1.165) is 6.42 Å². The first-order valence-corrected chi connectivity index (χ1v) is 3.91. The van der Waals surface area contributed by atoms with Gasteiger partial charge < -0.3 is 9.84 Å². The molecule has 1 N–H and O–H groups in total. The molecule has 0 amide bonds. The highest BCUT2D eigenvalue weighted by atomic mass is 16.5. The van der Waals surface area contributed by atoms with Gasteiger partial charge in [-0.2, -0.15) is 5.26 Å². The largest absolute Gasteiger partial charge is 0.481 e. The molecule has 0 aromatic heterocycles. The van der Waals surface area contributed by atoms with Gasteiger partial charge in [0.1, 0.15) is 0 Å². The number of carboxylic acid groups (broad SMARTS) is 1. The van der Waals surface area contributed by atoms with Gasteiger partial charge in [-0.05, 0) is 12.8 Å². The minimum Gasteiger partial charge on any atom is -0.481 e. The Balaban J connectivity index is 2.59. The second kappa shape index (κ2) is 3.55. The summed E-state index contributed by atoms with van der Waals surface area (Å²) in [4.78, 5) is 10.4. The minimum absolute atomic E-state index is 0.0550.